The van der Waals surface area contributed by atoms with Gasteiger partial charge in [-0.3, -0.25) is 4.79 Å². The molecule has 22 heavy (non-hydrogen) atoms. The molecule has 0 unspecified atom stereocenters. The van der Waals surface area contributed by atoms with Crippen molar-refractivity contribution in [2.24, 2.45) is 11.8 Å². The van der Waals surface area contributed by atoms with Gasteiger partial charge in [0.1, 0.15) is 5.82 Å². The van der Waals surface area contributed by atoms with Crippen LogP contribution in [0.4, 0.5) is 0 Å². The lowest BCUT2D eigenvalue weighted by molar-refractivity contribution is -0.141. The van der Waals surface area contributed by atoms with Gasteiger partial charge in [-0.15, -0.1) is 10.2 Å². The Labute approximate surface area is 136 Å². The minimum Gasteiger partial charge on any atom is -0.465 e. The summed E-state index contributed by atoms with van der Waals surface area (Å²) in [5.74, 6) is 2.76. The number of esters is 1. The van der Waals surface area contributed by atoms with Crippen molar-refractivity contribution in [2.75, 3.05) is 12.4 Å². The van der Waals surface area contributed by atoms with E-state index in [1.165, 1.54) is 25.7 Å². The number of carbonyl (C=O) groups excluding carboxylic acids is 1. The van der Waals surface area contributed by atoms with Gasteiger partial charge < -0.3 is 9.30 Å². The molecule has 2 fully saturated rings. The van der Waals surface area contributed by atoms with Crippen LogP contribution in [-0.4, -0.2) is 33.1 Å². The first kappa shape index (κ1) is 15.8. The molecule has 122 valence electrons. The summed E-state index contributed by atoms with van der Waals surface area (Å²) in [5.41, 5.74) is 0. The zero-order valence-corrected chi connectivity index (χ0v) is 14.3. The summed E-state index contributed by atoms with van der Waals surface area (Å²) in [7, 11) is 0. The van der Waals surface area contributed by atoms with E-state index in [9.17, 15) is 4.79 Å². The Kier molecular flexibility index (Phi) is 5.06. The van der Waals surface area contributed by atoms with E-state index in [1.54, 1.807) is 11.8 Å². The summed E-state index contributed by atoms with van der Waals surface area (Å²) in [6.45, 7) is 4.97. The summed E-state index contributed by atoms with van der Waals surface area (Å²) in [6.07, 6.45) is 6.82. The van der Waals surface area contributed by atoms with E-state index in [1.807, 2.05) is 6.92 Å². The standard InChI is InChI=1S/C16H25N3O2S/c1-11-4-3-5-14(10-11)19-12(2)17-18-16(19)22-9-7-13-6-8-21-15(13)20/h11,13-14H,3-10H2,1-2H3/t11-,13+,14-/m1/s1. The number of rotatable bonds is 5. The Morgan fingerprint density at radius 1 is 1.32 bits per heavy atom. The van der Waals surface area contributed by atoms with Crippen molar-refractivity contribution in [2.45, 2.75) is 63.6 Å². The van der Waals surface area contributed by atoms with Gasteiger partial charge in [-0.25, -0.2) is 0 Å². The zero-order valence-electron chi connectivity index (χ0n) is 13.5. The van der Waals surface area contributed by atoms with Crippen LogP contribution < -0.4 is 0 Å². The normalized spacial score (nSPS) is 28.8. The summed E-state index contributed by atoms with van der Waals surface area (Å²) >= 11 is 1.73. The second kappa shape index (κ2) is 7.02. The third kappa shape index (κ3) is 3.47. The maximum Gasteiger partial charge on any atom is 0.309 e. The van der Waals surface area contributed by atoms with Gasteiger partial charge in [-0.2, -0.15) is 0 Å². The van der Waals surface area contributed by atoms with Gasteiger partial charge in [-0.05, 0) is 38.5 Å². The van der Waals surface area contributed by atoms with E-state index < -0.39 is 0 Å². The Bertz CT molecular complexity index is 531. The topological polar surface area (TPSA) is 57.0 Å². The van der Waals surface area contributed by atoms with Crippen molar-refractivity contribution in [3.8, 4) is 0 Å². The first-order valence-corrected chi connectivity index (χ1v) is 9.34. The highest BCUT2D eigenvalue weighted by Crippen LogP contribution is 2.35. The fourth-order valence-electron chi connectivity index (χ4n) is 3.60. The fraction of sp³-hybridized carbons (Fsp3) is 0.812. The highest BCUT2D eigenvalue weighted by Gasteiger charge is 2.27. The van der Waals surface area contributed by atoms with E-state index in [-0.39, 0.29) is 11.9 Å². The van der Waals surface area contributed by atoms with Crippen molar-refractivity contribution in [3.63, 3.8) is 0 Å². The minimum absolute atomic E-state index is 0.0284. The van der Waals surface area contributed by atoms with Crippen molar-refractivity contribution >= 4 is 17.7 Å². The largest absolute Gasteiger partial charge is 0.465 e. The lowest BCUT2D eigenvalue weighted by atomic mass is 9.87. The molecule has 1 aromatic heterocycles. The molecular formula is C16H25N3O2S. The monoisotopic (exact) mass is 323 g/mol. The smallest absolute Gasteiger partial charge is 0.309 e. The highest BCUT2D eigenvalue weighted by molar-refractivity contribution is 7.99. The molecule has 0 N–H and O–H groups in total. The molecule has 5 nitrogen and oxygen atoms in total. The average Bonchev–Trinajstić information content (AvgIpc) is 3.06. The first-order chi connectivity index (χ1) is 10.6. The molecule has 2 aliphatic rings. The molecule has 0 radical (unpaired) electrons. The van der Waals surface area contributed by atoms with E-state index in [0.29, 0.717) is 12.6 Å². The minimum atomic E-state index is -0.0284. The van der Waals surface area contributed by atoms with Crippen LogP contribution in [0.25, 0.3) is 0 Å². The Hall–Kier alpha value is -1.04. The van der Waals surface area contributed by atoms with Crippen LogP contribution in [0.15, 0.2) is 5.16 Å². The molecule has 0 bridgehead atoms. The van der Waals surface area contributed by atoms with Gasteiger partial charge in [0, 0.05) is 11.8 Å². The molecular weight excluding hydrogens is 298 g/mol. The van der Waals surface area contributed by atoms with Crippen LogP contribution in [0.1, 0.15) is 57.3 Å². The molecule has 6 heteroatoms. The zero-order chi connectivity index (χ0) is 15.5. The number of carbonyl (C=O) groups is 1. The van der Waals surface area contributed by atoms with E-state index in [2.05, 4.69) is 21.7 Å². The Morgan fingerprint density at radius 2 is 2.18 bits per heavy atom. The molecule has 0 amide bonds. The number of cyclic esters (lactones) is 1. The van der Waals surface area contributed by atoms with Crippen LogP contribution >= 0.6 is 11.8 Å². The molecule has 1 saturated heterocycles. The average molecular weight is 323 g/mol. The molecule has 3 atom stereocenters. The number of aromatic nitrogens is 3. The molecule has 1 saturated carbocycles. The summed E-state index contributed by atoms with van der Waals surface area (Å²) in [4.78, 5) is 11.5. The molecule has 1 aliphatic heterocycles. The number of hydrogen-bond donors (Lipinski definition) is 0. The van der Waals surface area contributed by atoms with Gasteiger partial charge in [-0.1, -0.05) is 31.5 Å². The molecule has 0 aromatic carbocycles. The van der Waals surface area contributed by atoms with Gasteiger partial charge in [0.15, 0.2) is 5.16 Å². The van der Waals surface area contributed by atoms with Crippen LogP contribution in [0.2, 0.25) is 0 Å². The maximum absolute atomic E-state index is 11.5. The molecule has 2 heterocycles. The second-order valence-electron chi connectivity index (χ2n) is 6.62. The third-order valence-electron chi connectivity index (χ3n) is 4.85. The number of thioether (sulfide) groups is 1. The number of hydrogen-bond acceptors (Lipinski definition) is 5. The predicted molar refractivity (Wildman–Crippen MR) is 85.8 cm³/mol. The Balaban J connectivity index is 1.60. The van der Waals surface area contributed by atoms with Crippen molar-refractivity contribution in [1.82, 2.24) is 14.8 Å². The molecule has 0 spiro atoms. The van der Waals surface area contributed by atoms with Crippen LogP contribution in [0, 0.1) is 18.8 Å². The van der Waals surface area contributed by atoms with E-state index >= 15 is 0 Å². The molecule has 1 aromatic rings. The predicted octanol–water partition coefficient (Wildman–Crippen LogP) is 3.38. The quantitative estimate of drug-likeness (QED) is 0.614. The van der Waals surface area contributed by atoms with Crippen LogP contribution in [-0.2, 0) is 9.53 Å². The number of ether oxygens (including phenoxy) is 1. The first-order valence-electron chi connectivity index (χ1n) is 8.36. The Morgan fingerprint density at radius 3 is 2.91 bits per heavy atom. The summed E-state index contributed by atoms with van der Waals surface area (Å²) in [6, 6.07) is 0.540. The highest BCUT2D eigenvalue weighted by atomic mass is 32.2. The van der Waals surface area contributed by atoms with Crippen molar-refractivity contribution < 1.29 is 9.53 Å². The maximum atomic E-state index is 11.5. The lowest BCUT2D eigenvalue weighted by Gasteiger charge is -2.29. The van der Waals surface area contributed by atoms with E-state index in [0.717, 1.165) is 35.5 Å². The summed E-state index contributed by atoms with van der Waals surface area (Å²) < 4.78 is 7.35. The van der Waals surface area contributed by atoms with Gasteiger partial charge >= 0.3 is 5.97 Å². The van der Waals surface area contributed by atoms with Crippen LogP contribution in [0.5, 0.6) is 0 Å². The number of nitrogens with zero attached hydrogens (tertiary/aromatic N) is 3. The van der Waals surface area contributed by atoms with Crippen molar-refractivity contribution in [1.29, 1.82) is 0 Å². The lowest BCUT2D eigenvalue weighted by Crippen LogP contribution is -2.19. The van der Waals surface area contributed by atoms with Crippen molar-refractivity contribution in [3.05, 3.63) is 5.82 Å². The van der Waals surface area contributed by atoms with Gasteiger partial charge in [0.05, 0.1) is 12.5 Å². The SMILES string of the molecule is Cc1nnc(SCC[C@@H]2CCOC2=O)n1[C@@H]1CCC[C@@H](C)C1. The fourth-order valence-corrected chi connectivity index (χ4v) is 4.70. The van der Waals surface area contributed by atoms with Crippen LogP contribution in [0.3, 0.4) is 0 Å². The second-order valence-corrected chi connectivity index (χ2v) is 7.68. The van der Waals surface area contributed by atoms with Gasteiger partial charge in [0.25, 0.3) is 0 Å². The van der Waals surface area contributed by atoms with Gasteiger partial charge in [0.2, 0.25) is 0 Å². The molecule has 3 rings (SSSR count). The summed E-state index contributed by atoms with van der Waals surface area (Å²) in [5, 5.41) is 9.66. The third-order valence-corrected chi connectivity index (χ3v) is 5.83. The number of aryl methyl sites for hydroxylation is 1. The van der Waals surface area contributed by atoms with E-state index in [4.69, 9.17) is 4.74 Å². The molecule has 1 aliphatic carbocycles.